The topological polar surface area (TPSA) is 79.3 Å². The van der Waals surface area contributed by atoms with Crippen molar-refractivity contribution in [2.45, 2.75) is 39.3 Å². The molecule has 1 aromatic carbocycles. The Labute approximate surface area is 188 Å². The van der Waals surface area contributed by atoms with Crippen molar-refractivity contribution in [1.82, 2.24) is 9.80 Å². The van der Waals surface area contributed by atoms with Gasteiger partial charge in [0.1, 0.15) is 0 Å². The number of carbonyl (C=O) groups is 2. The molecule has 0 bridgehead atoms. The van der Waals surface area contributed by atoms with Crippen LogP contribution in [0.5, 0.6) is 0 Å². The second-order valence-corrected chi connectivity index (χ2v) is 9.89. The molecule has 2 saturated heterocycles. The zero-order valence-corrected chi connectivity index (χ0v) is 19.0. The maximum atomic E-state index is 12.9. The van der Waals surface area contributed by atoms with Gasteiger partial charge in [-0.15, -0.1) is 0 Å². The van der Waals surface area contributed by atoms with Gasteiger partial charge in [-0.05, 0) is 55.5 Å². The fourth-order valence-corrected chi connectivity index (χ4v) is 5.10. The van der Waals surface area contributed by atoms with E-state index in [4.69, 9.17) is 21.1 Å². The summed E-state index contributed by atoms with van der Waals surface area (Å²) >= 11 is 6.51. The van der Waals surface area contributed by atoms with Crippen LogP contribution in [-0.2, 0) is 32.0 Å². The first-order valence-electron chi connectivity index (χ1n) is 11.0. The summed E-state index contributed by atoms with van der Waals surface area (Å²) in [5, 5.41) is 10.2. The Kier molecular flexibility index (Phi) is 6.58. The van der Waals surface area contributed by atoms with Crippen molar-refractivity contribution in [1.29, 1.82) is 0 Å². The number of morpholine rings is 1. The van der Waals surface area contributed by atoms with Gasteiger partial charge >= 0.3 is 5.97 Å². The van der Waals surface area contributed by atoms with Crippen LogP contribution in [0.1, 0.15) is 43.0 Å². The lowest BCUT2D eigenvalue weighted by Crippen LogP contribution is -2.47. The lowest BCUT2D eigenvalue weighted by molar-refractivity contribution is -0.149. The zero-order valence-electron chi connectivity index (χ0n) is 18.2. The Bertz CT molecular complexity index is 853. The monoisotopic (exact) mass is 450 g/mol. The van der Waals surface area contributed by atoms with E-state index in [1.165, 1.54) is 5.56 Å². The number of carbonyl (C=O) groups excluding carboxylic acids is 1. The number of rotatable bonds is 5. The highest BCUT2D eigenvalue weighted by Crippen LogP contribution is 2.36. The molecule has 2 fully saturated rings. The molecule has 1 amide bonds. The van der Waals surface area contributed by atoms with E-state index in [1.54, 1.807) is 13.8 Å². The Morgan fingerprint density at radius 2 is 1.97 bits per heavy atom. The minimum Gasteiger partial charge on any atom is -0.481 e. The van der Waals surface area contributed by atoms with Crippen LogP contribution < -0.4 is 0 Å². The van der Waals surface area contributed by atoms with E-state index in [-0.39, 0.29) is 17.9 Å². The van der Waals surface area contributed by atoms with Crippen molar-refractivity contribution in [3.63, 3.8) is 0 Å². The van der Waals surface area contributed by atoms with E-state index < -0.39 is 11.4 Å². The third kappa shape index (κ3) is 4.75. The number of amides is 1. The van der Waals surface area contributed by atoms with Crippen LogP contribution in [0.2, 0.25) is 5.02 Å². The van der Waals surface area contributed by atoms with E-state index in [1.807, 2.05) is 17.0 Å². The minimum atomic E-state index is -0.860. The van der Waals surface area contributed by atoms with Gasteiger partial charge in [-0.3, -0.25) is 14.5 Å². The maximum absolute atomic E-state index is 12.9. The van der Waals surface area contributed by atoms with Gasteiger partial charge in [-0.25, -0.2) is 0 Å². The Balaban J connectivity index is 1.59. The number of fused-ring (bicyclic) bond motifs is 1. The molecule has 0 spiro atoms. The van der Waals surface area contributed by atoms with Crippen molar-refractivity contribution in [2.24, 2.45) is 11.3 Å². The number of aliphatic carboxylic acids is 1. The molecule has 1 aromatic rings. The van der Waals surface area contributed by atoms with Crippen molar-refractivity contribution < 1.29 is 24.2 Å². The molecule has 8 heteroatoms. The normalized spacial score (nSPS) is 24.8. The molecule has 0 aliphatic carbocycles. The maximum Gasteiger partial charge on any atom is 0.310 e. The van der Waals surface area contributed by atoms with Gasteiger partial charge in [0.05, 0.1) is 37.2 Å². The molecule has 1 N–H and O–H groups in total. The molecular formula is C23H31ClN2O5. The third-order valence-electron chi connectivity index (χ3n) is 6.70. The summed E-state index contributed by atoms with van der Waals surface area (Å²) in [4.78, 5) is 28.7. The molecule has 7 nitrogen and oxygen atoms in total. The first-order chi connectivity index (χ1) is 14.8. The summed E-state index contributed by atoms with van der Waals surface area (Å²) in [6.45, 7) is 8.09. The van der Waals surface area contributed by atoms with Crippen LogP contribution in [0.3, 0.4) is 0 Å². The Hall–Kier alpha value is -1.67. The average Bonchev–Trinajstić information content (AvgIpc) is 3.27. The number of hydrogen-bond donors (Lipinski definition) is 1. The van der Waals surface area contributed by atoms with Crippen LogP contribution in [-0.4, -0.2) is 72.8 Å². The minimum absolute atomic E-state index is 0.0410. The quantitative estimate of drug-likeness (QED) is 0.743. The van der Waals surface area contributed by atoms with Crippen molar-refractivity contribution >= 4 is 23.5 Å². The molecule has 0 saturated carbocycles. The Morgan fingerprint density at radius 1 is 1.19 bits per heavy atom. The van der Waals surface area contributed by atoms with Gasteiger partial charge in [0, 0.05) is 37.8 Å². The molecule has 3 aliphatic rings. The molecule has 31 heavy (non-hydrogen) atoms. The van der Waals surface area contributed by atoms with Gasteiger partial charge in [0.2, 0.25) is 5.91 Å². The molecule has 3 aliphatic heterocycles. The summed E-state index contributed by atoms with van der Waals surface area (Å²) in [5.41, 5.74) is 2.52. The molecule has 170 valence electrons. The second-order valence-electron chi connectivity index (χ2n) is 9.45. The van der Waals surface area contributed by atoms with Crippen molar-refractivity contribution in [3.05, 3.63) is 33.8 Å². The fraction of sp³-hybridized carbons (Fsp3) is 0.652. The first kappa shape index (κ1) is 22.5. The Morgan fingerprint density at radius 3 is 2.68 bits per heavy atom. The standard InChI is InChI=1S/C23H31ClN2O5/c1-23(2,22(28)29)14-26-6-8-31-13-20(26)19-10-17(24)9-16-11-25(5-3-18(16)19)21(27)15-4-7-30-12-15/h9-10,15,20H,3-8,11-14H2,1-2H3,(H,28,29)/t15-,20-/m0/s1. The van der Waals surface area contributed by atoms with E-state index in [0.29, 0.717) is 57.6 Å². The molecule has 4 rings (SSSR count). The summed E-state index contributed by atoms with van der Waals surface area (Å²) < 4.78 is 11.2. The van der Waals surface area contributed by atoms with E-state index >= 15 is 0 Å². The molecule has 3 heterocycles. The van der Waals surface area contributed by atoms with Gasteiger partial charge in [0.25, 0.3) is 0 Å². The number of benzene rings is 1. The largest absolute Gasteiger partial charge is 0.481 e. The number of carboxylic acid groups (broad SMARTS) is 1. The number of ether oxygens (including phenoxy) is 2. The SMILES string of the molecule is CC(C)(CN1CCOC[C@H]1c1cc(Cl)cc2c1CCN(C(=O)[C@H]1CCOC1)C2)C(=O)O. The summed E-state index contributed by atoms with van der Waals surface area (Å²) in [7, 11) is 0. The number of hydrogen-bond acceptors (Lipinski definition) is 5. The zero-order chi connectivity index (χ0) is 22.2. The molecule has 0 aromatic heterocycles. The molecule has 0 radical (unpaired) electrons. The fourth-order valence-electron chi connectivity index (χ4n) is 4.86. The van der Waals surface area contributed by atoms with Crippen molar-refractivity contribution in [3.8, 4) is 0 Å². The van der Waals surface area contributed by atoms with Gasteiger partial charge in [-0.2, -0.15) is 0 Å². The lowest BCUT2D eigenvalue weighted by Gasteiger charge is -2.41. The summed E-state index contributed by atoms with van der Waals surface area (Å²) in [6.07, 6.45) is 1.55. The third-order valence-corrected chi connectivity index (χ3v) is 6.92. The lowest BCUT2D eigenvalue weighted by atomic mass is 9.87. The van der Waals surface area contributed by atoms with Crippen LogP contribution in [0, 0.1) is 11.3 Å². The number of carboxylic acids is 1. The molecule has 0 unspecified atom stereocenters. The average molecular weight is 451 g/mol. The first-order valence-corrected chi connectivity index (χ1v) is 11.4. The van der Waals surface area contributed by atoms with Crippen LogP contribution in [0.4, 0.5) is 0 Å². The summed E-state index contributed by atoms with van der Waals surface area (Å²) in [6, 6.07) is 3.90. The highest BCUT2D eigenvalue weighted by molar-refractivity contribution is 6.30. The predicted molar refractivity (Wildman–Crippen MR) is 116 cm³/mol. The number of nitrogens with zero attached hydrogens (tertiary/aromatic N) is 2. The van der Waals surface area contributed by atoms with Crippen LogP contribution in [0.25, 0.3) is 0 Å². The van der Waals surface area contributed by atoms with E-state index in [2.05, 4.69) is 4.90 Å². The molecular weight excluding hydrogens is 420 g/mol. The predicted octanol–water partition coefficient (Wildman–Crippen LogP) is 2.75. The molecule has 2 atom stereocenters. The van der Waals surface area contributed by atoms with Gasteiger partial charge in [0.15, 0.2) is 0 Å². The van der Waals surface area contributed by atoms with Gasteiger partial charge < -0.3 is 19.5 Å². The van der Waals surface area contributed by atoms with E-state index in [9.17, 15) is 14.7 Å². The second kappa shape index (κ2) is 9.06. The highest BCUT2D eigenvalue weighted by Gasteiger charge is 2.37. The highest BCUT2D eigenvalue weighted by atomic mass is 35.5. The van der Waals surface area contributed by atoms with Crippen LogP contribution in [0.15, 0.2) is 12.1 Å². The smallest absolute Gasteiger partial charge is 0.310 e. The van der Waals surface area contributed by atoms with E-state index in [0.717, 1.165) is 24.0 Å². The van der Waals surface area contributed by atoms with Gasteiger partial charge in [-0.1, -0.05) is 11.6 Å². The summed E-state index contributed by atoms with van der Waals surface area (Å²) in [5.74, 6) is -0.688. The van der Waals surface area contributed by atoms with Crippen LogP contribution >= 0.6 is 11.6 Å². The number of halogens is 1. The van der Waals surface area contributed by atoms with Crippen molar-refractivity contribution in [2.75, 3.05) is 46.1 Å².